The quantitative estimate of drug-likeness (QED) is 0.563. The van der Waals surface area contributed by atoms with Gasteiger partial charge in [0.1, 0.15) is 0 Å². The molecule has 0 fully saturated rings. The zero-order valence-electron chi connectivity index (χ0n) is 9.52. The predicted molar refractivity (Wildman–Crippen MR) is 78.2 cm³/mol. The van der Waals surface area contributed by atoms with Crippen molar-refractivity contribution in [1.29, 1.82) is 0 Å². The van der Waals surface area contributed by atoms with Gasteiger partial charge in [-0.05, 0) is 34.5 Å². The fourth-order valence-electron chi connectivity index (χ4n) is 1.26. The molecule has 0 atom stereocenters. The molecule has 0 aliphatic carbocycles. The predicted octanol–water partition coefficient (Wildman–Crippen LogP) is 3.72. The highest BCUT2D eigenvalue weighted by Crippen LogP contribution is 2.32. The molecule has 4 nitrogen and oxygen atoms in total. The highest BCUT2D eigenvalue weighted by Gasteiger charge is 2.09. The van der Waals surface area contributed by atoms with Crippen molar-refractivity contribution >= 4 is 49.3 Å². The van der Waals surface area contributed by atoms with Gasteiger partial charge in [0.05, 0.1) is 11.4 Å². The molecule has 1 aromatic rings. The monoisotopic (exact) mass is 363 g/mol. The van der Waals surface area contributed by atoms with E-state index in [1.54, 1.807) is 6.07 Å². The molecule has 1 rings (SSSR count). The second-order valence-corrected chi connectivity index (χ2v) is 5.36. The summed E-state index contributed by atoms with van der Waals surface area (Å²) in [7, 11) is 0. The number of hydrogen-bond acceptors (Lipinski definition) is 2. The van der Waals surface area contributed by atoms with Gasteiger partial charge in [-0.2, -0.15) is 0 Å². The van der Waals surface area contributed by atoms with E-state index in [4.69, 9.17) is 5.73 Å². The summed E-state index contributed by atoms with van der Waals surface area (Å²) in [4.78, 5) is 11.6. The van der Waals surface area contributed by atoms with Crippen LogP contribution in [0.3, 0.4) is 0 Å². The smallest absolute Gasteiger partial charge is 0.319 e. The summed E-state index contributed by atoms with van der Waals surface area (Å²) in [6, 6.07) is 3.33. The Labute approximate surface area is 118 Å². The molecule has 0 heterocycles. The first-order valence-electron chi connectivity index (χ1n) is 5.34. The molecule has 17 heavy (non-hydrogen) atoms. The number of nitrogens with one attached hydrogen (secondary N) is 2. The van der Waals surface area contributed by atoms with Crippen molar-refractivity contribution in [3.05, 3.63) is 21.1 Å². The van der Waals surface area contributed by atoms with Crippen LogP contribution >= 0.6 is 31.9 Å². The maximum absolute atomic E-state index is 11.6. The summed E-state index contributed by atoms with van der Waals surface area (Å²) < 4.78 is 1.61. The van der Waals surface area contributed by atoms with Crippen molar-refractivity contribution in [3.63, 3.8) is 0 Å². The third-order valence-corrected chi connectivity index (χ3v) is 3.22. The van der Waals surface area contributed by atoms with Crippen molar-refractivity contribution in [2.45, 2.75) is 19.8 Å². The first kappa shape index (κ1) is 14.3. The number of amides is 2. The van der Waals surface area contributed by atoms with Crippen LogP contribution in [0, 0.1) is 0 Å². The molecule has 1 aromatic carbocycles. The Kier molecular flexibility index (Phi) is 5.77. The Morgan fingerprint density at radius 2 is 2.12 bits per heavy atom. The molecule has 0 unspecified atom stereocenters. The summed E-state index contributed by atoms with van der Waals surface area (Å²) in [5.41, 5.74) is 6.92. The lowest BCUT2D eigenvalue weighted by Gasteiger charge is -2.11. The molecule has 0 aliphatic heterocycles. The molecule has 0 saturated carbocycles. The Morgan fingerprint density at radius 1 is 1.41 bits per heavy atom. The number of carbonyl (C=O) groups is 1. The van der Waals surface area contributed by atoms with Gasteiger partial charge in [-0.15, -0.1) is 0 Å². The van der Waals surface area contributed by atoms with Crippen molar-refractivity contribution in [2.75, 3.05) is 17.6 Å². The summed E-state index contributed by atoms with van der Waals surface area (Å²) in [6.45, 7) is 2.74. The molecular formula is C11H15Br2N3O. The maximum Gasteiger partial charge on any atom is 0.319 e. The minimum Gasteiger partial charge on any atom is -0.397 e. The molecule has 0 bridgehead atoms. The van der Waals surface area contributed by atoms with Crippen LogP contribution in [0.1, 0.15) is 19.8 Å². The van der Waals surface area contributed by atoms with Gasteiger partial charge in [0.15, 0.2) is 0 Å². The van der Waals surface area contributed by atoms with E-state index < -0.39 is 0 Å². The summed E-state index contributed by atoms with van der Waals surface area (Å²) >= 11 is 6.68. The first-order chi connectivity index (χ1) is 8.04. The van der Waals surface area contributed by atoms with Crippen LogP contribution in [0.5, 0.6) is 0 Å². The zero-order valence-corrected chi connectivity index (χ0v) is 12.7. The second kappa shape index (κ2) is 6.86. The molecule has 0 aromatic heterocycles. The number of halogens is 2. The van der Waals surface area contributed by atoms with E-state index in [-0.39, 0.29) is 6.03 Å². The van der Waals surface area contributed by atoms with Crippen LogP contribution in [0.2, 0.25) is 0 Å². The molecule has 0 aliphatic rings. The van der Waals surface area contributed by atoms with Gasteiger partial charge in [0, 0.05) is 15.5 Å². The lowest BCUT2D eigenvalue weighted by molar-refractivity contribution is 0.252. The molecule has 2 amide bonds. The van der Waals surface area contributed by atoms with Crippen molar-refractivity contribution in [2.24, 2.45) is 0 Å². The lowest BCUT2D eigenvalue weighted by atomic mass is 10.3. The Balaban J connectivity index is 2.65. The zero-order chi connectivity index (χ0) is 12.8. The minimum absolute atomic E-state index is 0.242. The van der Waals surface area contributed by atoms with Gasteiger partial charge < -0.3 is 16.4 Å². The van der Waals surface area contributed by atoms with E-state index in [1.165, 1.54) is 0 Å². The fraction of sp³-hybridized carbons (Fsp3) is 0.364. The Hall–Kier alpha value is -0.750. The number of nitrogens with two attached hydrogens (primary N) is 1. The topological polar surface area (TPSA) is 67.2 Å². The van der Waals surface area contributed by atoms with Crippen LogP contribution in [0.4, 0.5) is 16.2 Å². The number of nitrogen functional groups attached to an aromatic ring is 1. The average Bonchev–Trinajstić information content (AvgIpc) is 2.24. The van der Waals surface area contributed by atoms with Gasteiger partial charge in [-0.3, -0.25) is 0 Å². The van der Waals surface area contributed by atoms with Gasteiger partial charge in [-0.25, -0.2) is 4.79 Å². The largest absolute Gasteiger partial charge is 0.397 e. The van der Waals surface area contributed by atoms with Gasteiger partial charge in [0.2, 0.25) is 0 Å². The molecule has 94 valence electrons. The van der Waals surface area contributed by atoms with E-state index in [1.807, 2.05) is 6.07 Å². The minimum atomic E-state index is -0.242. The number of benzene rings is 1. The van der Waals surface area contributed by atoms with E-state index in [9.17, 15) is 4.79 Å². The van der Waals surface area contributed by atoms with Crippen LogP contribution in [0.15, 0.2) is 21.1 Å². The second-order valence-electron chi connectivity index (χ2n) is 3.59. The van der Waals surface area contributed by atoms with Gasteiger partial charge in [-0.1, -0.05) is 29.3 Å². The third-order valence-electron chi connectivity index (χ3n) is 2.14. The first-order valence-corrected chi connectivity index (χ1v) is 6.92. The van der Waals surface area contributed by atoms with Crippen molar-refractivity contribution in [3.8, 4) is 0 Å². The number of anilines is 2. The standard InChI is InChI=1S/C11H15Br2N3O/c1-2-3-4-15-11(17)16-10-8(13)5-7(12)6-9(10)14/h5-6H,2-4,14H2,1H3,(H2,15,16,17). The van der Waals surface area contributed by atoms with E-state index in [2.05, 4.69) is 49.4 Å². The van der Waals surface area contributed by atoms with Crippen LogP contribution in [-0.2, 0) is 0 Å². The fourth-order valence-corrected chi connectivity index (χ4v) is 2.62. The molecule has 0 spiro atoms. The lowest BCUT2D eigenvalue weighted by Crippen LogP contribution is -2.29. The van der Waals surface area contributed by atoms with E-state index >= 15 is 0 Å². The van der Waals surface area contributed by atoms with Crippen LogP contribution in [-0.4, -0.2) is 12.6 Å². The molecule has 6 heteroatoms. The van der Waals surface area contributed by atoms with Crippen LogP contribution < -0.4 is 16.4 Å². The van der Waals surface area contributed by atoms with Gasteiger partial charge >= 0.3 is 6.03 Å². The summed E-state index contributed by atoms with van der Waals surface area (Å²) in [5.74, 6) is 0. The van der Waals surface area contributed by atoms with Gasteiger partial charge in [0.25, 0.3) is 0 Å². The molecule has 0 saturated heterocycles. The summed E-state index contributed by atoms with van der Waals surface area (Å²) in [5, 5.41) is 5.48. The Bertz CT molecular complexity index is 387. The highest BCUT2D eigenvalue weighted by molar-refractivity contribution is 9.11. The third kappa shape index (κ3) is 4.55. The number of urea groups is 1. The molecule has 4 N–H and O–H groups in total. The molecular weight excluding hydrogens is 350 g/mol. The number of hydrogen-bond donors (Lipinski definition) is 3. The molecule has 0 radical (unpaired) electrons. The normalized spacial score (nSPS) is 10.1. The van der Waals surface area contributed by atoms with E-state index in [0.717, 1.165) is 21.8 Å². The van der Waals surface area contributed by atoms with Crippen molar-refractivity contribution < 1.29 is 4.79 Å². The van der Waals surface area contributed by atoms with Crippen molar-refractivity contribution in [1.82, 2.24) is 5.32 Å². The maximum atomic E-state index is 11.6. The Morgan fingerprint density at radius 3 is 2.71 bits per heavy atom. The number of carbonyl (C=O) groups excluding carboxylic acids is 1. The highest BCUT2D eigenvalue weighted by atomic mass is 79.9. The summed E-state index contributed by atoms with van der Waals surface area (Å²) in [6.07, 6.45) is 2.01. The number of rotatable bonds is 4. The SMILES string of the molecule is CCCCNC(=O)Nc1c(N)cc(Br)cc1Br. The van der Waals surface area contributed by atoms with Crippen LogP contribution in [0.25, 0.3) is 0 Å². The number of unbranched alkanes of at least 4 members (excludes halogenated alkanes) is 1. The van der Waals surface area contributed by atoms with E-state index in [0.29, 0.717) is 17.9 Å². The average molecular weight is 365 g/mol.